The van der Waals surface area contributed by atoms with Crippen molar-refractivity contribution in [3.8, 4) is 5.75 Å². The topological polar surface area (TPSA) is 41.5 Å². The van der Waals surface area contributed by atoms with Crippen molar-refractivity contribution in [2.75, 3.05) is 12.9 Å². The number of nitrogens with one attached hydrogen (secondary N) is 1. The summed E-state index contributed by atoms with van der Waals surface area (Å²) in [6, 6.07) is 15.4. The molecule has 2 aromatic rings. The summed E-state index contributed by atoms with van der Waals surface area (Å²) in [5.74, 6) is 1.81. The van der Waals surface area contributed by atoms with Crippen LogP contribution < -0.4 is 10.1 Å². The van der Waals surface area contributed by atoms with Crippen molar-refractivity contribution in [2.24, 2.45) is 0 Å². The summed E-state index contributed by atoms with van der Waals surface area (Å²) >= 11 is 1.89. The van der Waals surface area contributed by atoms with Crippen molar-refractivity contribution < 1.29 is 9.84 Å². The minimum absolute atomic E-state index is 0.000289. The molecule has 2 N–H and O–H groups in total. The maximum absolute atomic E-state index is 9.67. The first kappa shape index (κ1) is 18.3. The van der Waals surface area contributed by atoms with E-state index >= 15 is 0 Å². The van der Waals surface area contributed by atoms with Gasteiger partial charge in [-0.25, -0.2) is 0 Å². The highest BCUT2D eigenvalue weighted by atomic mass is 32.2. The summed E-state index contributed by atoms with van der Waals surface area (Å²) in [5.41, 5.74) is 3.36. The lowest BCUT2D eigenvalue weighted by atomic mass is 9.95. The van der Waals surface area contributed by atoms with Gasteiger partial charge in [-0.2, -0.15) is 0 Å². The van der Waals surface area contributed by atoms with Crippen molar-refractivity contribution in [2.45, 2.75) is 49.8 Å². The Morgan fingerprint density at radius 1 is 1.24 bits per heavy atom. The highest BCUT2D eigenvalue weighted by Gasteiger charge is 2.26. The average Bonchev–Trinajstić information content (AvgIpc) is 2.85. The Labute approximate surface area is 154 Å². The van der Waals surface area contributed by atoms with E-state index in [0.29, 0.717) is 6.04 Å². The van der Waals surface area contributed by atoms with E-state index in [1.54, 1.807) is 7.11 Å². The van der Waals surface area contributed by atoms with Crippen LogP contribution in [0, 0.1) is 0 Å². The average molecular weight is 358 g/mol. The van der Waals surface area contributed by atoms with E-state index in [4.69, 9.17) is 4.74 Å². The van der Waals surface area contributed by atoms with Crippen LogP contribution in [0.3, 0.4) is 0 Å². The molecule has 0 amide bonds. The Kier molecular flexibility index (Phi) is 6.40. The molecule has 3 rings (SSSR count). The molecule has 1 aliphatic rings. The van der Waals surface area contributed by atoms with Gasteiger partial charge in [-0.1, -0.05) is 50.1 Å². The fourth-order valence-electron chi connectivity index (χ4n) is 3.38. The second kappa shape index (κ2) is 8.75. The van der Waals surface area contributed by atoms with Crippen LogP contribution in [0.2, 0.25) is 0 Å². The van der Waals surface area contributed by atoms with E-state index in [1.807, 2.05) is 11.8 Å². The number of thioether (sulfide) groups is 1. The Morgan fingerprint density at radius 3 is 2.72 bits per heavy atom. The van der Waals surface area contributed by atoms with Crippen LogP contribution in [0.15, 0.2) is 47.4 Å². The molecule has 0 radical (unpaired) electrons. The first-order valence-electron chi connectivity index (χ1n) is 9.02. The third-order valence-electron chi connectivity index (χ3n) is 4.78. The van der Waals surface area contributed by atoms with Crippen molar-refractivity contribution >= 4 is 11.8 Å². The Balaban J connectivity index is 2.03. The second-order valence-corrected chi connectivity index (χ2v) is 7.58. The van der Waals surface area contributed by atoms with E-state index < -0.39 is 0 Å². The third kappa shape index (κ3) is 4.20. The first-order valence-corrected chi connectivity index (χ1v) is 10.0. The smallest absolute Gasteiger partial charge is 0.124 e. The summed E-state index contributed by atoms with van der Waals surface area (Å²) in [7, 11) is 1.67. The fraction of sp³-hybridized carbons (Fsp3) is 0.429. The van der Waals surface area contributed by atoms with Gasteiger partial charge in [0.05, 0.1) is 19.8 Å². The van der Waals surface area contributed by atoms with E-state index in [-0.39, 0.29) is 12.6 Å². The summed E-state index contributed by atoms with van der Waals surface area (Å²) in [6.07, 6.45) is 3.64. The molecule has 0 spiro atoms. The number of fused-ring (bicyclic) bond motifs is 1. The maximum atomic E-state index is 9.67. The number of unbranched alkanes of at least 4 members (excludes halogenated alkanes) is 1. The summed E-state index contributed by atoms with van der Waals surface area (Å²) in [5, 5.41) is 13.5. The lowest BCUT2D eigenvalue weighted by molar-refractivity contribution is 0.273. The van der Waals surface area contributed by atoms with Gasteiger partial charge in [0.2, 0.25) is 0 Å². The number of benzene rings is 2. The number of hydrogen-bond acceptors (Lipinski definition) is 4. The van der Waals surface area contributed by atoms with Gasteiger partial charge in [0.25, 0.3) is 0 Å². The van der Waals surface area contributed by atoms with E-state index in [2.05, 4.69) is 54.7 Å². The van der Waals surface area contributed by atoms with Gasteiger partial charge in [0.15, 0.2) is 0 Å². The van der Waals surface area contributed by atoms with Gasteiger partial charge < -0.3 is 15.2 Å². The number of hydrogen-bond donors (Lipinski definition) is 2. The second-order valence-electron chi connectivity index (χ2n) is 6.52. The molecule has 2 unspecified atom stereocenters. The minimum Gasteiger partial charge on any atom is -0.496 e. The molecule has 2 atom stereocenters. The fourth-order valence-corrected chi connectivity index (χ4v) is 4.60. The van der Waals surface area contributed by atoms with Crippen molar-refractivity contribution in [3.63, 3.8) is 0 Å². The lowest BCUT2D eigenvalue weighted by Gasteiger charge is -2.24. The molecule has 0 aliphatic carbocycles. The summed E-state index contributed by atoms with van der Waals surface area (Å²) in [4.78, 5) is 1.24. The highest BCUT2D eigenvalue weighted by Crippen LogP contribution is 2.39. The molecular formula is C21H27NO2S. The monoisotopic (exact) mass is 357 g/mol. The van der Waals surface area contributed by atoms with Crippen LogP contribution in [0.5, 0.6) is 5.75 Å². The lowest BCUT2D eigenvalue weighted by Crippen LogP contribution is -2.34. The molecular weight excluding hydrogens is 330 g/mol. The predicted molar refractivity (Wildman–Crippen MR) is 104 cm³/mol. The Bertz CT molecular complexity index is 690. The molecule has 0 bridgehead atoms. The zero-order valence-electron chi connectivity index (χ0n) is 15.0. The molecule has 0 aromatic heterocycles. The SMILES string of the molecule is CCCCC1CSc2cc(CO)c(OC)cc2C(c2ccccc2)N1. The van der Waals surface area contributed by atoms with Crippen LogP contribution in [-0.2, 0) is 6.61 Å². The predicted octanol–water partition coefficient (Wildman–Crippen LogP) is 4.53. The summed E-state index contributed by atoms with van der Waals surface area (Å²) in [6.45, 7) is 2.24. The molecule has 0 fully saturated rings. The van der Waals surface area contributed by atoms with Gasteiger partial charge in [-0.3, -0.25) is 0 Å². The highest BCUT2D eigenvalue weighted by molar-refractivity contribution is 7.99. The first-order chi connectivity index (χ1) is 12.3. The molecule has 0 saturated heterocycles. The zero-order chi connectivity index (χ0) is 17.6. The normalized spacial score (nSPS) is 20.0. The minimum atomic E-state index is -0.000289. The number of methoxy groups -OCH3 is 1. The molecule has 1 aliphatic heterocycles. The van der Waals surface area contributed by atoms with Crippen molar-refractivity contribution in [1.29, 1.82) is 0 Å². The van der Waals surface area contributed by atoms with Crippen molar-refractivity contribution in [3.05, 3.63) is 59.2 Å². The van der Waals surface area contributed by atoms with Gasteiger partial charge >= 0.3 is 0 Å². The molecule has 2 aromatic carbocycles. The van der Waals surface area contributed by atoms with E-state index in [1.165, 1.54) is 35.3 Å². The molecule has 25 heavy (non-hydrogen) atoms. The molecule has 3 nitrogen and oxygen atoms in total. The van der Waals surface area contributed by atoms with Crippen LogP contribution >= 0.6 is 11.8 Å². The van der Waals surface area contributed by atoms with Gasteiger partial charge in [0.1, 0.15) is 5.75 Å². The number of ether oxygens (including phenoxy) is 1. The van der Waals surface area contributed by atoms with Gasteiger partial charge in [0, 0.05) is 22.3 Å². The van der Waals surface area contributed by atoms with Crippen LogP contribution in [-0.4, -0.2) is 24.0 Å². The quantitative estimate of drug-likeness (QED) is 0.797. The van der Waals surface area contributed by atoms with Crippen LogP contribution in [0.4, 0.5) is 0 Å². The number of aliphatic hydroxyl groups excluding tert-OH is 1. The largest absolute Gasteiger partial charge is 0.496 e. The van der Waals surface area contributed by atoms with Crippen molar-refractivity contribution in [1.82, 2.24) is 5.32 Å². The standard InChI is InChI=1S/C21H27NO2S/c1-3-4-10-17-14-25-20-11-16(13-23)19(24-2)12-18(20)21(22-17)15-8-6-5-7-9-15/h5-9,11-12,17,21-23H,3-4,10,13-14H2,1-2H3. The Morgan fingerprint density at radius 2 is 2.04 bits per heavy atom. The van der Waals surface area contributed by atoms with Crippen LogP contribution in [0.25, 0.3) is 0 Å². The Hall–Kier alpha value is -1.49. The van der Waals surface area contributed by atoms with E-state index in [9.17, 15) is 5.11 Å². The molecule has 134 valence electrons. The van der Waals surface area contributed by atoms with Gasteiger partial charge in [-0.15, -0.1) is 11.8 Å². The molecule has 4 heteroatoms. The maximum Gasteiger partial charge on any atom is 0.124 e. The van der Waals surface area contributed by atoms with Crippen LogP contribution in [0.1, 0.15) is 48.9 Å². The van der Waals surface area contributed by atoms with E-state index in [0.717, 1.165) is 17.1 Å². The van der Waals surface area contributed by atoms with Gasteiger partial charge in [-0.05, 0) is 29.7 Å². The zero-order valence-corrected chi connectivity index (χ0v) is 15.8. The number of aliphatic hydroxyl groups is 1. The molecule has 0 saturated carbocycles. The number of rotatable bonds is 6. The summed E-state index contributed by atoms with van der Waals surface area (Å²) < 4.78 is 5.52. The third-order valence-corrected chi connectivity index (χ3v) is 6.01. The molecule has 1 heterocycles.